The molecule has 1 unspecified atom stereocenters. The zero-order valence-corrected chi connectivity index (χ0v) is 11.1. The Kier molecular flexibility index (Phi) is 5.45. The van der Waals surface area contributed by atoms with Crippen LogP contribution >= 0.6 is 15.9 Å². The molecule has 0 saturated carbocycles. The van der Waals surface area contributed by atoms with Crippen molar-refractivity contribution in [2.75, 3.05) is 6.54 Å². The van der Waals surface area contributed by atoms with Gasteiger partial charge in [-0.15, -0.1) is 5.10 Å². The van der Waals surface area contributed by atoms with Crippen LogP contribution in [0.3, 0.4) is 0 Å². The Labute approximate surface area is 104 Å². The second kappa shape index (κ2) is 6.62. The van der Waals surface area contributed by atoms with Crippen LogP contribution in [0.15, 0.2) is 12.4 Å². The van der Waals surface area contributed by atoms with Crippen molar-refractivity contribution in [3.8, 4) is 0 Å². The van der Waals surface area contributed by atoms with E-state index >= 15 is 0 Å². The van der Waals surface area contributed by atoms with Crippen LogP contribution in [-0.4, -0.2) is 32.3 Å². The van der Waals surface area contributed by atoms with Gasteiger partial charge in [-0.1, -0.05) is 35.0 Å². The van der Waals surface area contributed by atoms with E-state index in [0.29, 0.717) is 12.5 Å². The van der Waals surface area contributed by atoms with Gasteiger partial charge >= 0.3 is 0 Å². The van der Waals surface area contributed by atoms with Crippen molar-refractivity contribution in [3.05, 3.63) is 12.4 Å². The molecule has 0 aromatic carbocycles. The first-order valence-corrected chi connectivity index (χ1v) is 6.28. The molecule has 5 nitrogen and oxygen atoms in total. The number of aromatic nitrogens is 3. The van der Waals surface area contributed by atoms with Crippen LogP contribution in [0.4, 0.5) is 0 Å². The van der Waals surface area contributed by atoms with E-state index in [-0.39, 0.29) is 10.7 Å². The second-order valence-corrected chi connectivity index (χ2v) is 4.94. The standard InChI is InChI=1S/C10H17BrN4O/c1-8(2)9(11)10(16)12-4-3-6-15-7-5-13-14-15/h5,7-9H,3-4,6H2,1-2H3,(H,12,16). The van der Waals surface area contributed by atoms with Crippen LogP contribution in [-0.2, 0) is 11.3 Å². The number of aryl methyl sites for hydroxylation is 1. The molecule has 1 atom stereocenters. The van der Waals surface area contributed by atoms with E-state index in [1.807, 2.05) is 20.0 Å². The molecule has 0 aliphatic rings. The maximum absolute atomic E-state index is 11.6. The van der Waals surface area contributed by atoms with Gasteiger partial charge < -0.3 is 5.32 Å². The van der Waals surface area contributed by atoms with Crippen LogP contribution < -0.4 is 5.32 Å². The SMILES string of the molecule is CC(C)C(Br)C(=O)NCCCn1ccnn1. The lowest BCUT2D eigenvalue weighted by Crippen LogP contribution is -2.34. The molecule has 16 heavy (non-hydrogen) atoms. The summed E-state index contributed by atoms with van der Waals surface area (Å²) in [5.41, 5.74) is 0. The van der Waals surface area contributed by atoms with E-state index in [2.05, 4.69) is 31.6 Å². The number of nitrogens with one attached hydrogen (secondary N) is 1. The molecule has 90 valence electrons. The molecule has 0 aliphatic carbocycles. The third-order valence-corrected chi connectivity index (χ3v) is 3.64. The molecule has 1 heterocycles. The summed E-state index contributed by atoms with van der Waals surface area (Å²) in [4.78, 5) is 11.4. The maximum Gasteiger partial charge on any atom is 0.234 e. The summed E-state index contributed by atoms with van der Waals surface area (Å²) in [6.45, 7) is 5.45. The van der Waals surface area contributed by atoms with Gasteiger partial charge in [0.1, 0.15) is 0 Å². The van der Waals surface area contributed by atoms with Crippen LogP contribution in [0.1, 0.15) is 20.3 Å². The maximum atomic E-state index is 11.6. The van der Waals surface area contributed by atoms with E-state index in [1.165, 1.54) is 0 Å². The first-order chi connectivity index (χ1) is 7.61. The summed E-state index contributed by atoms with van der Waals surface area (Å²) in [6.07, 6.45) is 4.31. The normalized spacial score (nSPS) is 12.8. The van der Waals surface area contributed by atoms with E-state index in [9.17, 15) is 4.79 Å². The van der Waals surface area contributed by atoms with Gasteiger partial charge in [-0.3, -0.25) is 9.48 Å². The van der Waals surface area contributed by atoms with Gasteiger partial charge in [-0.2, -0.15) is 0 Å². The average molecular weight is 289 g/mol. The molecule has 6 heteroatoms. The number of nitrogens with zero attached hydrogens (tertiary/aromatic N) is 3. The van der Waals surface area contributed by atoms with Crippen molar-refractivity contribution in [2.45, 2.75) is 31.6 Å². The lowest BCUT2D eigenvalue weighted by Gasteiger charge is -2.13. The van der Waals surface area contributed by atoms with Gasteiger partial charge in [0.2, 0.25) is 5.91 Å². The first kappa shape index (κ1) is 13.2. The van der Waals surface area contributed by atoms with Crippen molar-refractivity contribution in [3.63, 3.8) is 0 Å². The first-order valence-electron chi connectivity index (χ1n) is 5.37. The topological polar surface area (TPSA) is 59.8 Å². The van der Waals surface area contributed by atoms with Crippen molar-refractivity contribution < 1.29 is 4.79 Å². The quantitative estimate of drug-likeness (QED) is 0.632. The van der Waals surface area contributed by atoms with Crippen LogP contribution in [0.5, 0.6) is 0 Å². The molecule has 1 aromatic heterocycles. The molecule has 1 N–H and O–H groups in total. The Hall–Kier alpha value is -0.910. The molecule has 1 aromatic rings. The largest absolute Gasteiger partial charge is 0.355 e. The zero-order chi connectivity index (χ0) is 12.0. The van der Waals surface area contributed by atoms with Gasteiger partial charge in [-0.25, -0.2) is 0 Å². The molecule has 0 radical (unpaired) electrons. The fourth-order valence-corrected chi connectivity index (χ4v) is 1.37. The van der Waals surface area contributed by atoms with E-state index in [1.54, 1.807) is 10.9 Å². The monoisotopic (exact) mass is 288 g/mol. The predicted octanol–water partition coefficient (Wildman–Crippen LogP) is 1.20. The Bertz CT molecular complexity index is 313. The van der Waals surface area contributed by atoms with Gasteiger partial charge in [0.15, 0.2) is 0 Å². The number of halogens is 1. The van der Waals surface area contributed by atoms with Gasteiger partial charge in [0, 0.05) is 19.3 Å². The predicted molar refractivity (Wildman–Crippen MR) is 65.2 cm³/mol. The van der Waals surface area contributed by atoms with Crippen LogP contribution in [0.25, 0.3) is 0 Å². The molecule has 1 rings (SSSR count). The molecular weight excluding hydrogens is 272 g/mol. The smallest absolute Gasteiger partial charge is 0.234 e. The molecule has 0 fully saturated rings. The van der Waals surface area contributed by atoms with Crippen molar-refractivity contribution >= 4 is 21.8 Å². The highest BCUT2D eigenvalue weighted by Crippen LogP contribution is 2.11. The number of amides is 1. The third kappa shape index (κ3) is 4.30. The summed E-state index contributed by atoms with van der Waals surface area (Å²) in [5, 5.41) is 10.4. The molecule has 0 saturated heterocycles. The number of rotatable bonds is 6. The Morgan fingerprint density at radius 2 is 2.31 bits per heavy atom. The Balaban J connectivity index is 2.13. The van der Waals surface area contributed by atoms with Crippen LogP contribution in [0.2, 0.25) is 0 Å². The van der Waals surface area contributed by atoms with E-state index < -0.39 is 0 Å². The molecule has 0 aliphatic heterocycles. The number of hydrogen-bond donors (Lipinski definition) is 1. The Morgan fingerprint density at radius 1 is 1.56 bits per heavy atom. The lowest BCUT2D eigenvalue weighted by atomic mass is 10.1. The van der Waals surface area contributed by atoms with Crippen molar-refractivity contribution in [1.29, 1.82) is 0 Å². The van der Waals surface area contributed by atoms with Gasteiger partial charge in [0.05, 0.1) is 11.0 Å². The summed E-state index contributed by atoms with van der Waals surface area (Å²) in [6, 6.07) is 0. The average Bonchev–Trinajstić information content (AvgIpc) is 2.75. The fourth-order valence-electron chi connectivity index (χ4n) is 1.20. The summed E-state index contributed by atoms with van der Waals surface area (Å²) in [5.74, 6) is 0.351. The zero-order valence-electron chi connectivity index (χ0n) is 9.56. The number of carbonyl (C=O) groups excluding carboxylic acids is 1. The molecule has 0 spiro atoms. The summed E-state index contributed by atoms with van der Waals surface area (Å²) >= 11 is 3.36. The Morgan fingerprint density at radius 3 is 2.88 bits per heavy atom. The van der Waals surface area contributed by atoms with E-state index in [4.69, 9.17) is 0 Å². The minimum Gasteiger partial charge on any atom is -0.355 e. The number of carbonyl (C=O) groups is 1. The highest BCUT2D eigenvalue weighted by atomic mass is 79.9. The highest BCUT2D eigenvalue weighted by molar-refractivity contribution is 9.10. The number of alkyl halides is 1. The van der Waals surface area contributed by atoms with Crippen molar-refractivity contribution in [2.24, 2.45) is 5.92 Å². The lowest BCUT2D eigenvalue weighted by molar-refractivity contribution is -0.121. The van der Waals surface area contributed by atoms with Crippen LogP contribution in [0, 0.1) is 5.92 Å². The minimum atomic E-state index is -0.112. The number of hydrogen-bond acceptors (Lipinski definition) is 3. The third-order valence-electron chi connectivity index (χ3n) is 2.17. The molecule has 1 amide bonds. The van der Waals surface area contributed by atoms with Crippen molar-refractivity contribution in [1.82, 2.24) is 20.3 Å². The van der Waals surface area contributed by atoms with Gasteiger partial charge in [0.25, 0.3) is 0 Å². The summed E-state index contributed by atoms with van der Waals surface area (Å²) in [7, 11) is 0. The summed E-state index contributed by atoms with van der Waals surface area (Å²) < 4.78 is 1.75. The van der Waals surface area contributed by atoms with Gasteiger partial charge in [-0.05, 0) is 12.3 Å². The van der Waals surface area contributed by atoms with E-state index in [0.717, 1.165) is 13.0 Å². The second-order valence-electron chi connectivity index (χ2n) is 3.96. The molecular formula is C10H17BrN4O. The molecule has 0 bridgehead atoms. The minimum absolute atomic E-state index is 0.0496. The highest BCUT2D eigenvalue weighted by Gasteiger charge is 2.17. The fraction of sp³-hybridized carbons (Fsp3) is 0.700.